The molecular weight excluding hydrogens is 400 g/mol. The zero-order valence-electron chi connectivity index (χ0n) is 17.9. The summed E-state index contributed by atoms with van der Waals surface area (Å²) in [6.07, 6.45) is 3.95. The summed E-state index contributed by atoms with van der Waals surface area (Å²) in [6.45, 7) is 1.57. The number of Topliss-reactive ketones (excluding diaryl/α,β-unsaturated/α-hetero) is 1. The number of primary amides is 1. The maximum atomic E-state index is 12.5. The number of ketones is 1. The highest BCUT2D eigenvalue weighted by molar-refractivity contribution is 5.95. The maximum absolute atomic E-state index is 12.5. The zero-order valence-corrected chi connectivity index (χ0v) is 18.7. The van der Waals surface area contributed by atoms with E-state index in [-0.39, 0.29) is 24.1 Å². The van der Waals surface area contributed by atoms with Gasteiger partial charge in [-0.3, -0.25) is 9.59 Å². The quantitative estimate of drug-likeness (QED) is 0.646. The second-order valence-corrected chi connectivity index (χ2v) is 8.05. The van der Waals surface area contributed by atoms with Gasteiger partial charge >= 0.3 is 0 Å². The first-order valence-corrected chi connectivity index (χ1v) is 10.1. The molecule has 0 radical (unpaired) electrons. The Balaban J connectivity index is 0.00000320. The fourth-order valence-electron chi connectivity index (χ4n) is 4.35. The standard InChI is InChI=1S/C24H30N2O3.ClH/c1-16(27)17-5-4-6-18(13-17)19-7-8-22(29-3)20(14-19)15-24(23(25)28)11-9-21(26-2)10-12-24;/h4-8,13-14,21,26H,9-12,15H2,1-3H3,(H2,25,28);1H. The number of hydrogen-bond acceptors (Lipinski definition) is 4. The lowest BCUT2D eigenvalue weighted by Gasteiger charge is -2.38. The first kappa shape index (κ1) is 23.9. The molecule has 2 aromatic carbocycles. The normalized spacial score (nSPS) is 20.8. The lowest BCUT2D eigenvalue weighted by Crippen LogP contribution is -2.45. The van der Waals surface area contributed by atoms with Crippen LogP contribution in [0.15, 0.2) is 42.5 Å². The number of nitrogens with two attached hydrogens (primary N) is 1. The van der Waals surface area contributed by atoms with Crippen molar-refractivity contribution in [3.63, 3.8) is 0 Å². The van der Waals surface area contributed by atoms with Crippen LogP contribution in [0.3, 0.4) is 0 Å². The molecule has 30 heavy (non-hydrogen) atoms. The fourth-order valence-corrected chi connectivity index (χ4v) is 4.35. The van der Waals surface area contributed by atoms with E-state index in [1.54, 1.807) is 14.0 Å². The molecule has 0 saturated heterocycles. The third kappa shape index (κ3) is 5.02. The second kappa shape index (κ2) is 10.1. The van der Waals surface area contributed by atoms with Crippen LogP contribution in [-0.2, 0) is 11.2 Å². The molecule has 1 amide bonds. The van der Waals surface area contributed by atoms with E-state index in [4.69, 9.17) is 10.5 Å². The molecular formula is C24H31ClN2O3. The molecule has 0 bridgehead atoms. The number of ether oxygens (including phenoxy) is 1. The van der Waals surface area contributed by atoms with Crippen molar-refractivity contribution in [1.29, 1.82) is 0 Å². The van der Waals surface area contributed by atoms with Crippen LogP contribution in [0.2, 0.25) is 0 Å². The highest BCUT2D eigenvalue weighted by Gasteiger charge is 2.40. The molecule has 3 N–H and O–H groups in total. The van der Waals surface area contributed by atoms with Crippen molar-refractivity contribution < 1.29 is 14.3 Å². The maximum Gasteiger partial charge on any atom is 0.223 e. The molecule has 2 aromatic rings. The van der Waals surface area contributed by atoms with E-state index >= 15 is 0 Å². The van der Waals surface area contributed by atoms with Crippen LogP contribution < -0.4 is 15.8 Å². The Morgan fingerprint density at radius 3 is 2.37 bits per heavy atom. The lowest BCUT2D eigenvalue weighted by molar-refractivity contribution is -0.129. The van der Waals surface area contributed by atoms with E-state index in [9.17, 15) is 9.59 Å². The molecule has 1 saturated carbocycles. The number of benzene rings is 2. The number of carbonyl (C=O) groups is 2. The van der Waals surface area contributed by atoms with Gasteiger partial charge in [0.25, 0.3) is 0 Å². The number of rotatable bonds is 7. The van der Waals surface area contributed by atoms with Crippen molar-refractivity contribution in [2.45, 2.75) is 45.1 Å². The highest BCUT2D eigenvalue weighted by Crippen LogP contribution is 2.41. The van der Waals surface area contributed by atoms with Crippen molar-refractivity contribution in [1.82, 2.24) is 5.32 Å². The molecule has 6 heteroatoms. The van der Waals surface area contributed by atoms with Crippen LogP contribution in [0.1, 0.15) is 48.5 Å². The summed E-state index contributed by atoms with van der Waals surface area (Å²) in [5, 5.41) is 3.31. The summed E-state index contributed by atoms with van der Waals surface area (Å²) in [5.74, 6) is 0.556. The highest BCUT2D eigenvalue weighted by atomic mass is 35.5. The molecule has 1 fully saturated rings. The molecule has 0 atom stereocenters. The van der Waals surface area contributed by atoms with Crippen molar-refractivity contribution >= 4 is 24.1 Å². The predicted molar refractivity (Wildman–Crippen MR) is 122 cm³/mol. The lowest BCUT2D eigenvalue weighted by atomic mass is 9.68. The molecule has 0 unspecified atom stereocenters. The third-order valence-electron chi connectivity index (χ3n) is 6.29. The second-order valence-electron chi connectivity index (χ2n) is 8.05. The molecule has 3 rings (SSSR count). The van der Waals surface area contributed by atoms with Gasteiger partial charge in [0.15, 0.2) is 5.78 Å². The van der Waals surface area contributed by atoms with Crippen LogP contribution in [0.25, 0.3) is 11.1 Å². The van der Waals surface area contributed by atoms with Gasteiger partial charge in [-0.1, -0.05) is 24.3 Å². The summed E-state index contributed by atoms with van der Waals surface area (Å²) < 4.78 is 5.59. The SMILES string of the molecule is CNC1CCC(Cc2cc(-c3cccc(C(C)=O)c3)ccc2OC)(C(N)=O)CC1.Cl. The first-order valence-electron chi connectivity index (χ1n) is 10.1. The van der Waals surface area contributed by atoms with E-state index in [1.165, 1.54) is 0 Å². The number of amides is 1. The molecule has 0 aliphatic heterocycles. The van der Waals surface area contributed by atoms with Gasteiger partial charge in [0, 0.05) is 11.6 Å². The van der Waals surface area contributed by atoms with Gasteiger partial charge in [-0.2, -0.15) is 0 Å². The summed E-state index contributed by atoms with van der Waals surface area (Å²) in [4.78, 5) is 24.2. The van der Waals surface area contributed by atoms with Gasteiger partial charge in [-0.15, -0.1) is 12.4 Å². The van der Waals surface area contributed by atoms with Crippen molar-refractivity contribution in [2.75, 3.05) is 14.2 Å². The van der Waals surface area contributed by atoms with Crippen LogP contribution >= 0.6 is 12.4 Å². The largest absolute Gasteiger partial charge is 0.496 e. The number of carbonyl (C=O) groups excluding carboxylic acids is 2. The van der Waals surface area contributed by atoms with E-state index in [0.717, 1.165) is 48.1 Å². The molecule has 5 nitrogen and oxygen atoms in total. The van der Waals surface area contributed by atoms with Crippen LogP contribution in [-0.4, -0.2) is 31.9 Å². The Bertz CT molecular complexity index is 905. The summed E-state index contributed by atoms with van der Waals surface area (Å²) >= 11 is 0. The van der Waals surface area contributed by atoms with Gasteiger partial charge < -0.3 is 15.8 Å². The average Bonchev–Trinajstić information content (AvgIpc) is 2.74. The zero-order chi connectivity index (χ0) is 21.0. The van der Waals surface area contributed by atoms with Crippen LogP contribution in [0.5, 0.6) is 5.75 Å². The van der Waals surface area contributed by atoms with E-state index < -0.39 is 5.41 Å². The van der Waals surface area contributed by atoms with Gasteiger partial charge in [-0.25, -0.2) is 0 Å². The predicted octanol–water partition coefficient (Wildman–Crippen LogP) is 4.16. The van der Waals surface area contributed by atoms with E-state index in [0.29, 0.717) is 18.0 Å². The minimum atomic E-state index is -0.555. The Labute approximate surface area is 184 Å². The summed E-state index contributed by atoms with van der Waals surface area (Å²) in [5.41, 5.74) is 8.95. The fraction of sp³-hybridized carbons (Fsp3) is 0.417. The van der Waals surface area contributed by atoms with Crippen molar-refractivity contribution in [3.05, 3.63) is 53.6 Å². The molecule has 0 aromatic heterocycles. The Morgan fingerprint density at radius 1 is 1.13 bits per heavy atom. The number of hydrogen-bond donors (Lipinski definition) is 2. The first-order chi connectivity index (χ1) is 13.9. The average molecular weight is 431 g/mol. The van der Waals surface area contributed by atoms with E-state index in [1.807, 2.05) is 43.4 Å². The molecule has 1 aliphatic carbocycles. The van der Waals surface area contributed by atoms with Crippen LogP contribution in [0, 0.1) is 5.41 Å². The monoisotopic (exact) mass is 430 g/mol. The number of methoxy groups -OCH3 is 1. The minimum Gasteiger partial charge on any atom is -0.496 e. The topological polar surface area (TPSA) is 81.4 Å². The summed E-state index contributed by atoms with van der Waals surface area (Å²) in [7, 11) is 3.60. The van der Waals surface area contributed by atoms with Gasteiger partial charge in [0.1, 0.15) is 5.75 Å². The number of halogens is 1. The molecule has 0 spiro atoms. The third-order valence-corrected chi connectivity index (χ3v) is 6.29. The van der Waals surface area contributed by atoms with Crippen molar-refractivity contribution in [3.8, 4) is 16.9 Å². The minimum absolute atomic E-state index is 0. The molecule has 0 heterocycles. The Morgan fingerprint density at radius 2 is 1.80 bits per heavy atom. The van der Waals surface area contributed by atoms with Gasteiger partial charge in [0.2, 0.25) is 5.91 Å². The van der Waals surface area contributed by atoms with Gasteiger partial charge in [0.05, 0.1) is 12.5 Å². The molecule has 162 valence electrons. The Hall–Kier alpha value is -2.37. The smallest absolute Gasteiger partial charge is 0.223 e. The van der Waals surface area contributed by atoms with Crippen molar-refractivity contribution in [2.24, 2.45) is 11.1 Å². The number of nitrogens with one attached hydrogen (secondary N) is 1. The van der Waals surface area contributed by atoms with Crippen LogP contribution in [0.4, 0.5) is 0 Å². The molecule has 1 aliphatic rings. The van der Waals surface area contributed by atoms with Gasteiger partial charge in [-0.05, 0) is 81.0 Å². The Kier molecular flexibility index (Phi) is 8.04. The van der Waals surface area contributed by atoms with E-state index in [2.05, 4.69) is 11.4 Å². The summed E-state index contributed by atoms with van der Waals surface area (Å²) in [6, 6.07) is 14.0.